The lowest BCUT2D eigenvalue weighted by atomic mass is 10.2. The Bertz CT molecular complexity index is 827. The van der Waals surface area contributed by atoms with Gasteiger partial charge in [-0.1, -0.05) is 18.2 Å². The number of rotatable bonds is 5. The molecule has 0 aliphatic rings. The summed E-state index contributed by atoms with van der Waals surface area (Å²) in [5, 5.41) is 3.12. The van der Waals surface area contributed by atoms with Gasteiger partial charge in [-0.25, -0.2) is 9.37 Å². The fourth-order valence-electron chi connectivity index (χ4n) is 2.40. The summed E-state index contributed by atoms with van der Waals surface area (Å²) in [6.45, 7) is 3.08. The van der Waals surface area contributed by atoms with Gasteiger partial charge in [0.25, 0.3) is 0 Å². The van der Waals surface area contributed by atoms with Crippen LogP contribution in [0.15, 0.2) is 30.6 Å². The molecule has 120 valence electrons. The molecule has 3 rings (SSSR count). The summed E-state index contributed by atoms with van der Waals surface area (Å²) in [6.07, 6.45) is 1.68. The van der Waals surface area contributed by atoms with Gasteiger partial charge in [-0.05, 0) is 13.0 Å². The predicted octanol–water partition coefficient (Wildman–Crippen LogP) is 2.51. The summed E-state index contributed by atoms with van der Waals surface area (Å²) in [7, 11) is 3.82. The summed E-state index contributed by atoms with van der Waals surface area (Å²) in [4.78, 5) is 15.3. The number of anilines is 2. The summed E-state index contributed by atoms with van der Waals surface area (Å²) in [5.41, 5.74) is 1.98. The first kappa shape index (κ1) is 15.2. The quantitative estimate of drug-likeness (QED) is 0.784. The molecule has 0 saturated carbocycles. The van der Waals surface area contributed by atoms with Gasteiger partial charge in [-0.15, -0.1) is 0 Å². The lowest BCUT2D eigenvalue weighted by Gasteiger charge is -2.14. The normalized spacial score (nSPS) is 11.0. The van der Waals surface area contributed by atoms with Crippen LogP contribution in [0.2, 0.25) is 0 Å². The van der Waals surface area contributed by atoms with Gasteiger partial charge in [0.1, 0.15) is 5.82 Å². The maximum Gasteiger partial charge on any atom is 0.226 e. The van der Waals surface area contributed by atoms with Crippen LogP contribution >= 0.6 is 0 Å². The lowest BCUT2D eigenvalue weighted by molar-refractivity contribution is 0.601. The Morgan fingerprint density at radius 1 is 1.22 bits per heavy atom. The predicted molar refractivity (Wildman–Crippen MR) is 89.3 cm³/mol. The molecule has 2 heterocycles. The highest BCUT2D eigenvalue weighted by atomic mass is 19.1. The first-order valence-corrected chi connectivity index (χ1v) is 7.47. The second-order valence-corrected chi connectivity index (χ2v) is 5.43. The molecule has 0 amide bonds. The van der Waals surface area contributed by atoms with Crippen molar-refractivity contribution in [1.82, 2.24) is 19.5 Å². The van der Waals surface area contributed by atoms with E-state index in [-0.39, 0.29) is 5.82 Å². The van der Waals surface area contributed by atoms with Crippen LogP contribution in [0.5, 0.6) is 0 Å². The number of nitrogens with one attached hydrogen (secondary N) is 1. The number of aromatic nitrogens is 4. The average molecular weight is 314 g/mol. The SMILES string of the molecule is CCNc1nc(N(C)C)c2ncn(Cc3ccccc3F)c2n1. The third-order valence-electron chi connectivity index (χ3n) is 3.50. The first-order valence-electron chi connectivity index (χ1n) is 7.47. The molecule has 6 nitrogen and oxygen atoms in total. The summed E-state index contributed by atoms with van der Waals surface area (Å²) in [6, 6.07) is 6.72. The van der Waals surface area contributed by atoms with E-state index in [4.69, 9.17) is 0 Å². The Labute approximate surface area is 134 Å². The second-order valence-electron chi connectivity index (χ2n) is 5.43. The zero-order valence-electron chi connectivity index (χ0n) is 13.4. The fourth-order valence-corrected chi connectivity index (χ4v) is 2.40. The van der Waals surface area contributed by atoms with Crippen LogP contribution in [0.4, 0.5) is 16.2 Å². The molecule has 0 saturated heterocycles. The Kier molecular flexibility index (Phi) is 4.10. The molecule has 0 aliphatic carbocycles. The number of halogens is 1. The van der Waals surface area contributed by atoms with E-state index in [2.05, 4.69) is 20.3 Å². The van der Waals surface area contributed by atoms with Crippen molar-refractivity contribution in [3.63, 3.8) is 0 Å². The smallest absolute Gasteiger partial charge is 0.226 e. The molecule has 23 heavy (non-hydrogen) atoms. The highest BCUT2D eigenvalue weighted by Gasteiger charge is 2.15. The van der Waals surface area contributed by atoms with Gasteiger partial charge in [0.15, 0.2) is 17.0 Å². The van der Waals surface area contributed by atoms with Crippen LogP contribution in [0.25, 0.3) is 11.2 Å². The van der Waals surface area contributed by atoms with Gasteiger partial charge in [0.05, 0.1) is 12.9 Å². The average Bonchev–Trinajstić information content (AvgIpc) is 2.92. The van der Waals surface area contributed by atoms with Crippen LogP contribution in [-0.2, 0) is 6.54 Å². The highest BCUT2D eigenvalue weighted by molar-refractivity contribution is 5.84. The molecule has 3 aromatic rings. The van der Waals surface area contributed by atoms with Gasteiger partial charge in [0, 0.05) is 26.2 Å². The molecule has 7 heteroatoms. The molecule has 0 unspecified atom stereocenters. The van der Waals surface area contributed by atoms with E-state index in [1.54, 1.807) is 18.5 Å². The summed E-state index contributed by atoms with van der Waals surface area (Å²) < 4.78 is 15.7. The Balaban J connectivity index is 2.09. The minimum atomic E-state index is -0.233. The van der Waals surface area contributed by atoms with Crippen LogP contribution in [-0.4, -0.2) is 40.2 Å². The third-order valence-corrected chi connectivity index (χ3v) is 3.50. The minimum Gasteiger partial charge on any atom is -0.361 e. The van der Waals surface area contributed by atoms with Gasteiger partial charge >= 0.3 is 0 Å². The van der Waals surface area contributed by atoms with E-state index in [1.165, 1.54) is 6.07 Å². The van der Waals surface area contributed by atoms with E-state index in [9.17, 15) is 4.39 Å². The van der Waals surface area contributed by atoms with Gasteiger partial charge in [-0.3, -0.25) is 0 Å². The van der Waals surface area contributed by atoms with Crippen molar-refractivity contribution in [3.8, 4) is 0 Å². The van der Waals surface area contributed by atoms with Gasteiger partial charge in [0.2, 0.25) is 5.95 Å². The number of benzene rings is 1. The van der Waals surface area contributed by atoms with Crippen molar-refractivity contribution < 1.29 is 4.39 Å². The highest BCUT2D eigenvalue weighted by Crippen LogP contribution is 2.23. The largest absolute Gasteiger partial charge is 0.361 e. The van der Waals surface area contributed by atoms with Crippen molar-refractivity contribution in [2.24, 2.45) is 0 Å². The number of hydrogen-bond acceptors (Lipinski definition) is 5. The molecule has 0 atom stereocenters. The van der Waals surface area contributed by atoms with Crippen molar-refractivity contribution in [2.75, 3.05) is 30.9 Å². The zero-order chi connectivity index (χ0) is 16.4. The molecule has 0 radical (unpaired) electrons. The molecule has 0 aliphatic heterocycles. The minimum absolute atomic E-state index is 0.233. The van der Waals surface area contributed by atoms with Crippen molar-refractivity contribution in [2.45, 2.75) is 13.5 Å². The monoisotopic (exact) mass is 314 g/mol. The topological polar surface area (TPSA) is 58.9 Å². The molecule has 0 spiro atoms. The Hall–Kier alpha value is -2.70. The van der Waals surface area contributed by atoms with Gasteiger partial charge < -0.3 is 14.8 Å². The van der Waals surface area contributed by atoms with E-state index < -0.39 is 0 Å². The Morgan fingerprint density at radius 3 is 2.70 bits per heavy atom. The van der Waals surface area contributed by atoms with Crippen LogP contribution in [0.3, 0.4) is 0 Å². The van der Waals surface area contributed by atoms with Crippen molar-refractivity contribution in [1.29, 1.82) is 0 Å². The standard InChI is InChI=1S/C16H19FN6/c1-4-18-16-20-14(22(2)3)13-15(21-16)23(10-19-13)9-11-7-5-6-8-12(11)17/h5-8,10H,4,9H2,1-3H3,(H,18,20,21). The number of nitrogens with zero attached hydrogens (tertiary/aromatic N) is 5. The molecular formula is C16H19FN6. The van der Waals surface area contributed by atoms with Gasteiger partial charge in [-0.2, -0.15) is 9.97 Å². The zero-order valence-corrected chi connectivity index (χ0v) is 13.4. The third kappa shape index (κ3) is 2.94. The first-order chi connectivity index (χ1) is 11.1. The molecule has 0 bridgehead atoms. The Morgan fingerprint density at radius 2 is 2.00 bits per heavy atom. The maximum absolute atomic E-state index is 13.9. The van der Waals surface area contributed by atoms with Crippen molar-refractivity contribution >= 4 is 22.9 Å². The maximum atomic E-state index is 13.9. The molecule has 1 aromatic carbocycles. The number of imidazole rings is 1. The van der Waals surface area contributed by atoms with Crippen LogP contribution in [0.1, 0.15) is 12.5 Å². The molecule has 1 N–H and O–H groups in total. The molecular weight excluding hydrogens is 295 g/mol. The van der Waals surface area contributed by atoms with Crippen LogP contribution < -0.4 is 10.2 Å². The lowest BCUT2D eigenvalue weighted by Crippen LogP contribution is -2.14. The van der Waals surface area contributed by atoms with E-state index in [0.29, 0.717) is 29.2 Å². The van der Waals surface area contributed by atoms with E-state index in [0.717, 1.165) is 12.4 Å². The number of fused-ring (bicyclic) bond motifs is 1. The van der Waals surface area contributed by atoms with E-state index in [1.807, 2.05) is 36.6 Å². The summed E-state index contributed by atoms with van der Waals surface area (Å²) in [5.74, 6) is 1.04. The fraction of sp³-hybridized carbons (Fsp3) is 0.312. The molecule has 2 aromatic heterocycles. The summed E-state index contributed by atoms with van der Waals surface area (Å²) >= 11 is 0. The van der Waals surface area contributed by atoms with E-state index >= 15 is 0 Å². The number of hydrogen-bond donors (Lipinski definition) is 1. The second kappa shape index (κ2) is 6.20. The van der Waals surface area contributed by atoms with Crippen molar-refractivity contribution in [3.05, 3.63) is 42.0 Å². The van der Waals surface area contributed by atoms with Crippen LogP contribution in [0, 0.1) is 5.82 Å². The molecule has 0 fully saturated rings.